The van der Waals surface area contributed by atoms with Crippen LogP contribution in [0.5, 0.6) is 5.75 Å². The van der Waals surface area contributed by atoms with E-state index in [1.807, 2.05) is 31.2 Å². The number of amides is 1. The molecule has 2 N–H and O–H groups in total. The highest BCUT2D eigenvalue weighted by molar-refractivity contribution is 5.78. The van der Waals surface area contributed by atoms with Gasteiger partial charge in [-0.1, -0.05) is 0 Å². The maximum Gasteiger partial charge on any atom is 0.223 e. The first kappa shape index (κ1) is 17.5. The van der Waals surface area contributed by atoms with Crippen LogP contribution in [0.15, 0.2) is 47.1 Å². The molecule has 0 atom stereocenters. The molecule has 0 radical (unpaired) electrons. The quantitative estimate of drug-likeness (QED) is 0.806. The molecule has 2 aromatic rings. The Balaban J connectivity index is 1.41. The molecule has 2 heterocycles. The number of hydrogen-bond acceptors (Lipinski definition) is 3. The highest BCUT2D eigenvalue weighted by Gasteiger charge is 2.27. The number of quaternary nitrogens is 1. The molecule has 0 spiro atoms. The van der Waals surface area contributed by atoms with Gasteiger partial charge in [-0.05, 0) is 43.3 Å². The van der Waals surface area contributed by atoms with Gasteiger partial charge in [-0.2, -0.15) is 0 Å². The third-order valence-electron chi connectivity index (χ3n) is 4.77. The van der Waals surface area contributed by atoms with Crippen molar-refractivity contribution in [2.45, 2.75) is 32.9 Å². The zero-order valence-corrected chi connectivity index (χ0v) is 14.8. The highest BCUT2D eigenvalue weighted by atomic mass is 16.5. The van der Waals surface area contributed by atoms with Crippen molar-refractivity contribution in [1.82, 2.24) is 5.32 Å². The largest absolute Gasteiger partial charge is 0.494 e. The second-order valence-corrected chi connectivity index (χ2v) is 6.58. The van der Waals surface area contributed by atoms with Crippen molar-refractivity contribution in [2.75, 3.05) is 19.7 Å². The van der Waals surface area contributed by atoms with Gasteiger partial charge in [-0.15, -0.1) is 0 Å². The number of benzene rings is 1. The molecule has 0 saturated carbocycles. The number of rotatable bonds is 7. The Labute approximate surface area is 149 Å². The summed E-state index contributed by atoms with van der Waals surface area (Å²) < 4.78 is 10.7. The van der Waals surface area contributed by atoms with Crippen LogP contribution in [-0.4, -0.2) is 25.6 Å². The molecule has 0 aliphatic carbocycles. The number of carbonyl (C=O) groups is 1. The molecule has 0 unspecified atom stereocenters. The van der Waals surface area contributed by atoms with E-state index in [0.29, 0.717) is 13.2 Å². The first-order valence-corrected chi connectivity index (χ1v) is 9.10. The Morgan fingerprint density at radius 1 is 1.24 bits per heavy atom. The highest BCUT2D eigenvalue weighted by Crippen LogP contribution is 2.13. The van der Waals surface area contributed by atoms with E-state index in [2.05, 4.69) is 17.4 Å². The molecule has 1 amide bonds. The molecule has 1 aromatic heterocycles. The number of nitrogens with one attached hydrogen (secondary N) is 2. The second-order valence-electron chi connectivity index (χ2n) is 6.58. The lowest BCUT2D eigenvalue weighted by Gasteiger charge is -2.28. The normalized spacial score (nSPS) is 20.2. The number of piperidine rings is 1. The molecule has 1 aliphatic heterocycles. The lowest BCUT2D eigenvalue weighted by molar-refractivity contribution is -0.919. The third kappa shape index (κ3) is 5.10. The first-order chi connectivity index (χ1) is 12.2. The summed E-state index contributed by atoms with van der Waals surface area (Å²) in [4.78, 5) is 13.8. The van der Waals surface area contributed by atoms with Gasteiger partial charge in [0.25, 0.3) is 0 Å². The van der Waals surface area contributed by atoms with E-state index in [1.165, 1.54) is 5.56 Å². The molecule has 1 saturated heterocycles. The number of hydrogen-bond donors (Lipinski definition) is 2. The zero-order chi connectivity index (χ0) is 17.5. The van der Waals surface area contributed by atoms with Crippen molar-refractivity contribution in [3.05, 3.63) is 54.0 Å². The lowest BCUT2D eigenvalue weighted by atomic mass is 9.95. The average Bonchev–Trinajstić information content (AvgIpc) is 3.16. The Morgan fingerprint density at radius 2 is 2.00 bits per heavy atom. The van der Waals surface area contributed by atoms with Crippen molar-refractivity contribution in [3.63, 3.8) is 0 Å². The lowest BCUT2D eigenvalue weighted by Crippen LogP contribution is -3.11. The van der Waals surface area contributed by atoms with E-state index in [0.717, 1.165) is 44.0 Å². The van der Waals surface area contributed by atoms with Crippen LogP contribution in [0.3, 0.4) is 0 Å². The van der Waals surface area contributed by atoms with E-state index in [4.69, 9.17) is 9.15 Å². The third-order valence-corrected chi connectivity index (χ3v) is 4.77. The number of likely N-dealkylation sites (tertiary alicyclic amines) is 1. The Morgan fingerprint density at radius 3 is 2.64 bits per heavy atom. The predicted molar refractivity (Wildman–Crippen MR) is 95.3 cm³/mol. The van der Waals surface area contributed by atoms with E-state index in [1.54, 1.807) is 11.2 Å². The summed E-state index contributed by atoms with van der Waals surface area (Å²) in [7, 11) is 0. The van der Waals surface area contributed by atoms with E-state index in [9.17, 15) is 4.79 Å². The van der Waals surface area contributed by atoms with Crippen LogP contribution in [0.2, 0.25) is 0 Å². The van der Waals surface area contributed by atoms with Crippen LogP contribution in [0.25, 0.3) is 0 Å². The number of carbonyl (C=O) groups excluding carboxylic acids is 1. The monoisotopic (exact) mass is 343 g/mol. The second kappa shape index (κ2) is 8.72. The zero-order valence-electron chi connectivity index (χ0n) is 14.8. The molecule has 25 heavy (non-hydrogen) atoms. The number of furan rings is 1. The van der Waals surface area contributed by atoms with Crippen molar-refractivity contribution < 1.29 is 18.8 Å². The van der Waals surface area contributed by atoms with Crippen LogP contribution in [0.1, 0.15) is 31.1 Å². The van der Waals surface area contributed by atoms with Gasteiger partial charge in [0.2, 0.25) is 5.91 Å². The summed E-state index contributed by atoms with van der Waals surface area (Å²) in [5, 5.41) is 2.98. The molecule has 134 valence electrons. The molecule has 1 aliphatic rings. The standard InChI is InChI=1S/C20H26N2O3/c1-2-24-18-7-5-16(6-8-18)15-22-11-9-17(10-12-22)20(23)21-14-19-4-3-13-25-19/h3-8,13,17H,2,9-12,14-15H2,1H3,(H,21,23)/p+1. The van der Waals surface area contributed by atoms with Crippen molar-refractivity contribution >= 4 is 5.91 Å². The molecule has 1 fully saturated rings. The minimum Gasteiger partial charge on any atom is -0.494 e. The topological polar surface area (TPSA) is 55.9 Å². The maximum atomic E-state index is 12.3. The van der Waals surface area contributed by atoms with Gasteiger partial charge in [0.05, 0.1) is 32.5 Å². The minimum absolute atomic E-state index is 0.124. The van der Waals surface area contributed by atoms with Crippen molar-refractivity contribution in [3.8, 4) is 5.75 Å². The summed E-state index contributed by atoms with van der Waals surface area (Å²) in [5.74, 6) is 2.00. The van der Waals surface area contributed by atoms with Crippen LogP contribution in [-0.2, 0) is 17.9 Å². The van der Waals surface area contributed by atoms with E-state index < -0.39 is 0 Å². The molecule has 5 nitrogen and oxygen atoms in total. The van der Waals surface area contributed by atoms with Gasteiger partial charge in [0, 0.05) is 24.3 Å². The molecule has 0 bridgehead atoms. The summed E-state index contributed by atoms with van der Waals surface area (Å²) in [6, 6.07) is 12.1. The van der Waals surface area contributed by atoms with Gasteiger partial charge in [0.15, 0.2) is 0 Å². The Kier molecular flexibility index (Phi) is 6.12. The van der Waals surface area contributed by atoms with Crippen LogP contribution < -0.4 is 15.0 Å². The van der Waals surface area contributed by atoms with E-state index in [-0.39, 0.29) is 11.8 Å². The fraction of sp³-hybridized carbons (Fsp3) is 0.450. The summed E-state index contributed by atoms with van der Waals surface area (Å²) in [6.45, 7) is 6.24. The molecule has 5 heteroatoms. The van der Waals surface area contributed by atoms with Gasteiger partial charge in [-0.25, -0.2) is 0 Å². The molecule has 3 rings (SSSR count). The Hall–Kier alpha value is -2.27. The fourth-order valence-corrected chi connectivity index (χ4v) is 3.36. The summed E-state index contributed by atoms with van der Waals surface area (Å²) >= 11 is 0. The van der Waals surface area contributed by atoms with Crippen LogP contribution >= 0.6 is 0 Å². The van der Waals surface area contributed by atoms with Gasteiger partial charge < -0.3 is 19.4 Å². The predicted octanol–water partition coefficient (Wildman–Crippen LogP) is 1.79. The van der Waals surface area contributed by atoms with Crippen molar-refractivity contribution in [2.24, 2.45) is 5.92 Å². The van der Waals surface area contributed by atoms with Gasteiger partial charge in [-0.3, -0.25) is 4.79 Å². The SMILES string of the molecule is CCOc1ccc(C[NH+]2CCC(C(=O)NCc3ccco3)CC2)cc1. The number of ether oxygens (including phenoxy) is 1. The van der Waals surface area contributed by atoms with Crippen LogP contribution in [0, 0.1) is 5.92 Å². The summed E-state index contributed by atoms with van der Waals surface area (Å²) in [6.07, 6.45) is 3.51. The average molecular weight is 343 g/mol. The smallest absolute Gasteiger partial charge is 0.223 e. The molecule has 1 aromatic carbocycles. The van der Waals surface area contributed by atoms with Gasteiger partial charge >= 0.3 is 0 Å². The molecular weight excluding hydrogens is 316 g/mol. The summed E-state index contributed by atoms with van der Waals surface area (Å²) in [5.41, 5.74) is 1.32. The maximum absolute atomic E-state index is 12.3. The fourth-order valence-electron chi connectivity index (χ4n) is 3.36. The van der Waals surface area contributed by atoms with Crippen molar-refractivity contribution in [1.29, 1.82) is 0 Å². The minimum atomic E-state index is 0.124. The van der Waals surface area contributed by atoms with Gasteiger partial charge in [0.1, 0.15) is 18.1 Å². The molecular formula is C20H27N2O3+. The van der Waals surface area contributed by atoms with E-state index >= 15 is 0 Å². The Bertz CT molecular complexity index is 644. The first-order valence-electron chi connectivity index (χ1n) is 9.10. The van der Waals surface area contributed by atoms with Crippen LogP contribution in [0.4, 0.5) is 0 Å².